The second kappa shape index (κ2) is 10.1. The van der Waals surface area contributed by atoms with Gasteiger partial charge >= 0.3 is 0 Å². The third-order valence-corrected chi connectivity index (χ3v) is 7.63. The fraction of sp³-hybridized carbons (Fsp3) is 0.500. The molecule has 188 valence electrons. The third kappa shape index (κ3) is 5.25. The number of nitrogens with zero attached hydrogens (tertiary/aromatic N) is 2. The molecule has 0 aromatic heterocycles. The van der Waals surface area contributed by atoms with Crippen LogP contribution in [-0.2, 0) is 4.79 Å². The van der Waals surface area contributed by atoms with Crippen LogP contribution in [0.5, 0.6) is 0 Å². The Bertz CT molecular complexity index is 1090. The van der Waals surface area contributed by atoms with Gasteiger partial charge in [-0.25, -0.2) is 8.78 Å². The van der Waals surface area contributed by atoms with Crippen molar-refractivity contribution in [1.82, 2.24) is 15.1 Å². The molecule has 5 nitrogen and oxygen atoms in total. The normalized spacial score (nSPS) is 21.8. The van der Waals surface area contributed by atoms with Crippen molar-refractivity contribution >= 4 is 11.8 Å². The molecule has 2 saturated heterocycles. The van der Waals surface area contributed by atoms with E-state index < -0.39 is 11.6 Å². The molecule has 1 N–H and O–H groups in total. The topological polar surface area (TPSA) is 52.7 Å². The number of benzene rings is 2. The second-order valence-electron chi connectivity index (χ2n) is 10.7. The number of halogens is 2. The summed E-state index contributed by atoms with van der Waals surface area (Å²) in [6, 6.07) is 11.3. The van der Waals surface area contributed by atoms with Crippen molar-refractivity contribution in [1.29, 1.82) is 0 Å². The van der Waals surface area contributed by atoms with E-state index in [-0.39, 0.29) is 35.1 Å². The summed E-state index contributed by atoms with van der Waals surface area (Å²) in [5, 5.41) is 2.71. The lowest BCUT2D eigenvalue weighted by Gasteiger charge is -2.35. The molecule has 2 aromatic rings. The zero-order chi connectivity index (χ0) is 25.3. The number of carbonyl (C=O) groups is 2. The summed E-state index contributed by atoms with van der Waals surface area (Å²) in [7, 11) is 1.63. The largest absolute Gasteiger partial charge is 0.355 e. The molecule has 4 rings (SSSR count). The van der Waals surface area contributed by atoms with Crippen LogP contribution in [0.1, 0.15) is 66.9 Å². The van der Waals surface area contributed by atoms with Crippen LogP contribution in [0.2, 0.25) is 0 Å². The SMILES string of the molecule is CNC(=O)c1ccccc1C1CCN(C(=O)[C@@H]2CN(C(C)(C)C)C[C@H]2c2ccc(F)cc2F)CC1. The molecule has 0 spiro atoms. The van der Waals surface area contributed by atoms with E-state index in [1.807, 2.05) is 29.2 Å². The van der Waals surface area contributed by atoms with Gasteiger partial charge in [0.25, 0.3) is 5.91 Å². The summed E-state index contributed by atoms with van der Waals surface area (Å²) in [4.78, 5) is 30.2. The maximum absolute atomic E-state index is 14.8. The van der Waals surface area contributed by atoms with Crippen LogP contribution in [0, 0.1) is 17.6 Å². The van der Waals surface area contributed by atoms with E-state index >= 15 is 0 Å². The summed E-state index contributed by atoms with van der Waals surface area (Å²) in [5.74, 6) is -1.78. The van der Waals surface area contributed by atoms with Gasteiger partial charge in [-0.15, -0.1) is 0 Å². The first-order chi connectivity index (χ1) is 16.6. The number of hydrogen-bond donors (Lipinski definition) is 1. The number of carbonyl (C=O) groups excluding carboxylic acids is 2. The zero-order valence-corrected chi connectivity index (χ0v) is 21.0. The van der Waals surface area contributed by atoms with Crippen molar-refractivity contribution in [3.05, 3.63) is 70.8 Å². The Morgan fingerprint density at radius 1 is 0.971 bits per heavy atom. The molecular formula is C28H35F2N3O2. The van der Waals surface area contributed by atoms with Crippen LogP contribution in [-0.4, -0.2) is 60.4 Å². The van der Waals surface area contributed by atoms with Gasteiger partial charge in [0, 0.05) is 56.3 Å². The lowest BCUT2D eigenvalue weighted by Crippen LogP contribution is -2.44. The van der Waals surface area contributed by atoms with Crippen molar-refractivity contribution in [3.63, 3.8) is 0 Å². The van der Waals surface area contributed by atoms with Crippen LogP contribution in [0.25, 0.3) is 0 Å². The standard InChI is InChI=1S/C28H35F2N3O2/c1-28(2,3)33-16-23(21-10-9-19(29)15-25(21)30)24(17-33)27(35)32-13-11-18(12-14-32)20-7-5-6-8-22(20)26(34)31-4/h5-10,15,18,23-24H,11-14,16-17H2,1-4H3,(H,31,34)/t23-,24+/m0/s1. The van der Waals surface area contributed by atoms with E-state index in [0.29, 0.717) is 37.3 Å². The van der Waals surface area contributed by atoms with Crippen LogP contribution < -0.4 is 5.32 Å². The Morgan fingerprint density at radius 3 is 2.29 bits per heavy atom. The molecule has 0 radical (unpaired) electrons. The predicted octanol–water partition coefficient (Wildman–Crippen LogP) is 4.54. The minimum Gasteiger partial charge on any atom is -0.355 e. The smallest absolute Gasteiger partial charge is 0.251 e. The molecule has 2 amide bonds. The van der Waals surface area contributed by atoms with Gasteiger partial charge in [-0.3, -0.25) is 14.5 Å². The molecule has 2 aliphatic heterocycles. The van der Waals surface area contributed by atoms with Gasteiger partial charge < -0.3 is 10.2 Å². The van der Waals surface area contributed by atoms with E-state index in [9.17, 15) is 18.4 Å². The van der Waals surface area contributed by atoms with E-state index in [2.05, 4.69) is 31.0 Å². The third-order valence-electron chi connectivity index (χ3n) is 7.63. The summed E-state index contributed by atoms with van der Waals surface area (Å²) in [6.45, 7) is 8.56. The van der Waals surface area contributed by atoms with Gasteiger partial charge in [-0.05, 0) is 62.8 Å². The van der Waals surface area contributed by atoms with Crippen molar-refractivity contribution in [3.8, 4) is 0 Å². The van der Waals surface area contributed by atoms with Gasteiger partial charge in [0.15, 0.2) is 0 Å². The van der Waals surface area contributed by atoms with E-state index in [1.54, 1.807) is 7.05 Å². The lowest BCUT2D eigenvalue weighted by molar-refractivity contribution is -0.136. The molecule has 0 aliphatic carbocycles. The van der Waals surface area contributed by atoms with Crippen LogP contribution >= 0.6 is 0 Å². The summed E-state index contributed by atoms with van der Waals surface area (Å²) >= 11 is 0. The zero-order valence-electron chi connectivity index (χ0n) is 21.0. The number of rotatable bonds is 4. The van der Waals surface area contributed by atoms with Crippen molar-refractivity contribution in [2.75, 3.05) is 33.2 Å². The van der Waals surface area contributed by atoms with Gasteiger partial charge in [0.05, 0.1) is 5.92 Å². The second-order valence-corrected chi connectivity index (χ2v) is 10.7. The molecule has 35 heavy (non-hydrogen) atoms. The van der Waals surface area contributed by atoms with Crippen molar-refractivity contribution < 1.29 is 18.4 Å². The average molecular weight is 484 g/mol. The molecule has 0 saturated carbocycles. The summed E-state index contributed by atoms with van der Waals surface area (Å²) < 4.78 is 28.3. The number of piperidine rings is 1. The van der Waals surface area contributed by atoms with Gasteiger partial charge in [0.1, 0.15) is 11.6 Å². The molecule has 2 fully saturated rings. The molecule has 2 aliphatic rings. The highest BCUT2D eigenvalue weighted by Gasteiger charge is 2.44. The first kappa shape index (κ1) is 25.3. The molecule has 0 bridgehead atoms. The Morgan fingerprint density at radius 2 is 1.66 bits per heavy atom. The first-order valence-corrected chi connectivity index (χ1v) is 12.4. The highest BCUT2D eigenvalue weighted by molar-refractivity contribution is 5.95. The van der Waals surface area contributed by atoms with E-state index in [1.165, 1.54) is 12.1 Å². The maximum Gasteiger partial charge on any atom is 0.251 e. The molecule has 2 heterocycles. The highest BCUT2D eigenvalue weighted by atomic mass is 19.1. The van der Waals surface area contributed by atoms with Crippen molar-refractivity contribution in [2.24, 2.45) is 5.92 Å². The van der Waals surface area contributed by atoms with Crippen molar-refractivity contribution in [2.45, 2.75) is 51.0 Å². The van der Waals surface area contributed by atoms with Crippen LogP contribution in [0.3, 0.4) is 0 Å². The number of hydrogen-bond acceptors (Lipinski definition) is 3. The first-order valence-electron chi connectivity index (χ1n) is 12.4. The predicted molar refractivity (Wildman–Crippen MR) is 132 cm³/mol. The quantitative estimate of drug-likeness (QED) is 0.695. The fourth-order valence-corrected chi connectivity index (χ4v) is 5.56. The summed E-state index contributed by atoms with van der Waals surface area (Å²) in [5.41, 5.74) is 1.94. The molecule has 0 unspecified atom stereocenters. The van der Waals surface area contributed by atoms with Crippen LogP contribution in [0.4, 0.5) is 8.78 Å². The highest BCUT2D eigenvalue weighted by Crippen LogP contribution is 2.39. The Kier molecular flexibility index (Phi) is 7.27. The Labute approximate surface area is 206 Å². The Balaban J connectivity index is 1.52. The number of likely N-dealkylation sites (tertiary alicyclic amines) is 2. The molecule has 2 aromatic carbocycles. The van der Waals surface area contributed by atoms with E-state index in [4.69, 9.17) is 0 Å². The molecular weight excluding hydrogens is 448 g/mol. The van der Waals surface area contributed by atoms with Gasteiger partial charge in [0.2, 0.25) is 5.91 Å². The summed E-state index contributed by atoms with van der Waals surface area (Å²) in [6.07, 6.45) is 1.54. The van der Waals surface area contributed by atoms with Gasteiger partial charge in [-0.2, -0.15) is 0 Å². The molecule has 2 atom stereocenters. The van der Waals surface area contributed by atoms with Gasteiger partial charge in [-0.1, -0.05) is 24.3 Å². The number of amides is 2. The number of nitrogens with one attached hydrogen (secondary N) is 1. The fourth-order valence-electron chi connectivity index (χ4n) is 5.56. The minimum absolute atomic E-state index is 0.0310. The monoisotopic (exact) mass is 483 g/mol. The average Bonchev–Trinajstić information content (AvgIpc) is 3.29. The maximum atomic E-state index is 14.8. The minimum atomic E-state index is -0.612. The Hall–Kier alpha value is -2.80. The lowest BCUT2D eigenvalue weighted by atomic mass is 9.84. The molecule has 7 heteroatoms. The van der Waals surface area contributed by atoms with Crippen LogP contribution in [0.15, 0.2) is 42.5 Å². The van der Waals surface area contributed by atoms with E-state index in [0.717, 1.165) is 24.5 Å².